The van der Waals surface area contributed by atoms with Crippen LogP contribution in [0.1, 0.15) is 10.4 Å². The van der Waals surface area contributed by atoms with E-state index in [-0.39, 0.29) is 16.9 Å². The quantitative estimate of drug-likeness (QED) is 0.268. The fourth-order valence-corrected chi connectivity index (χ4v) is 2.36. The van der Waals surface area contributed by atoms with Gasteiger partial charge in [0.1, 0.15) is 11.4 Å². The zero-order chi connectivity index (χ0) is 21.2. The largest absolute Gasteiger partial charge is 0.497 e. The van der Waals surface area contributed by atoms with E-state index in [4.69, 9.17) is 14.2 Å². The maximum Gasteiger partial charge on any atom is 0.338 e. The van der Waals surface area contributed by atoms with Crippen molar-refractivity contribution < 1.29 is 28.7 Å². The normalized spacial score (nSPS) is 10.1. The Kier molecular flexibility index (Phi) is 7.92. The van der Waals surface area contributed by atoms with Gasteiger partial charge in [0.25, 0.3) is 11.6 Å². The van der Waals surface area contributed by atoms with Gasteiger partial charge in [0.05, 0.1) is 24.2 Å². The zero-order valence-corrected chi connectivity index (χ0v) is 16.0. The van der Waals surface area contributed by atoms with Gasteiger partial charge in [-0.15, -0.1) is 0 Å². The molecule has 29 heavy (non-hydrogen) atoms. The third-order valence-corrected chi connectivity index (χ3v) is 3.74. The first-order valence-electron chi connectivity index (χ1n) is 8.57. The van der Waals surface area contributed by atoms with Crippen LogP contribution in [0, 0.1) is 10.1 Å². The number of carbonyl (C=O) groups is 2. The number of anilines is 2. The molecule has 1 amide bonds. The van der Waals surface area contributed by atoms with Crippen LogP contribution in [0.25, 0.3) is 0 Å². The highest BCUT2D eigenvalue weighted by molar-refractivity contribution is 5.96. The third kappa shape index (κ3) is 6.47. The van der Waals surface area contributed by atoms with E-state index < -0.39 is 23.4 Å². The molecule has 10 nitrogen and oxygen atoms in total. The van der Waals surface area contributed by atoms with Crippen LogP contribution < -0.4 is 15.4 Å². The Morgan fingerprint density at radius 2 is 1.93 bits per heavy atom. The van der Waals surface area contributed by atoms with Crippen molar-refractivity contribution in [1.29, 1.82) is 0 Å². The summed E-state index contributed by atoms with van der Waals surface area (Å²) in [7, 11) is 3.01. The summed E-state index contributed by atoms with van der Waals surface area (Å²) in [5, 5.41) is 16.7. The molecular formula is C19H21N3O7. The molecule has 2 rings (SSSR count). The minimum absolute atomic E-state index is 0.0387. The topological polar surface area (TPSA) is 129 Å². The monoisotopic (exact) mass is 403 g/mol. The van der Waals surface area contributed by atoms with Crippen molar-refractivity contribution in [3.63, 3.8) is 0 Å². The first-order valence-corrected chi connectivity index (χ1v) is 8.57. The fraction of sp³-hybridized carbons (Fsp3) is 0.263. The van der Waals surface area contributed by atoms with Crippen LogP contribution in [0.3, 0.4) is 0 Å². The lowest BCUT2D eigenvalue weighted by Crippen LogP contribution is -2.21. The van der Waals surface area contributed by atoms with E-state index in [0.717, 1.165) is 6.07 Å². The number of hydrogen-bond donors (Lipinski definition) is 2. The number of rotatable bonds is 10. The Bertz CT molecular complexity index is 886. The molecule has 0 fully saturated rings. The van der Waals surface area contributed by atoms with Gasteiger partial charge < -0.3 is 24.8 Å². The first kappa shape index (κ1) is 21.6. The van der Waals surface area contributed by atoms with E-state index in [2.05, 4.69) is 10.6 Å². The second-order valence-electron chi connectivity index (χ2n) is 5.76. The number of nitrogens with zero attached hydrogens (tertiary/aromatic N) is 1. The molecular weight excluding hydrogens is 382 g/mol. The SMILES string of the molecule is COCCNc1ccc(C(=O)OCC(=O)Nc2cccc(OC)c2)cc1[N+](=O)[O-]. The Hall–Kier alpha value is -3.66. The molecule has 154 valence electrons. The summed E-state index contributed by atoms with van der Waals surface area (Å²) >= 11 is 0. The molecule has 0 radical (unpaired) electrons. The predicted octanol–water partition coefficient (Wildman–Crippen LogP) is 2.46. The number of methoxy groups -OCH3 is 2. The van der Waals surface area contributed by atoms with Crippen molar-refractivity contribution in [2.75, 3.05) is 44.6 Å². The van der Waals surface area contributed by atoms with Crippen LogP contribution in [0.5, 0.6) is 5.75 Å². The van der Waals surface area contributed by atoms with E-state index in [1.54, 1.807) is 24.3 Å². The van der Waals surface area contributed by atoms with E-state index in [1.807, 2.05) is 0 Å². The van der Waals surface area contributed by atoms with Crippen molar-refractivity contribution in [2.45, 2.75) is 0 Å². The number of hydrogen-bond acceptors (Lipinski definition) is 8. The van der Waals surface area contributed by atoms with Crippen LogP contribution >= 0.6 is 0 Å². The lowest BCUT2D eigenvalue weighted by Gasteiger charge is -2.09. The number of esters is 1. The van der Waals surface area contributed by atoms with Crippen LogP contribution in [-0.2, 0) is 14.3 Å². The van der Waals surface area contributed by atoms with E-state index in [1.165, 1.54) is 26.4 Å². The van der Waals surface area contributed by atoms with Gasteiger partial charge in [-0.25, -0.2) is 4.79 Å². The number of ether oxygens (including phenoxy) is 3. The van der Waals surface area contributed by atoms with Gasteiger partial charge in [-0.3, -0.25) is 14.9 Å². The van der Waals surface area contributed by atoms with Crippen LogP contribution in [-0.4, -0.2) is 50.8 Å². The molecule has 0 heterocycles. The van der Waals surface area contributed by atoms with Gasteiger partial charge in [0.15, 0.2) is 6.61 Å². The van der Waals surface area contributed by atoms with Crippen molar-refractivity contribution in [2.24, 2.45) is 0 Å². The van der Waals surface area contributed by atoms with Crippen molar-refractivity contribution in [3.8, 4) is 5.75 Å². The lowest BCUT2D eigenvalue weighted by molar-refractivity contribution is -0.384. The number of carbonyl (C=O) groups excluding carboxylic acids is 2. The molecule has 0 unspecified atom stereocenters. The molecule has 2 aromatic rings. The molecule has 0 aliphatic rings. The maximum absolute atomic E-state index is 12.2. The Labute approximate surface area is 166 Å². The Morgan fingerprint density at radius 3 is 2.62 bits per heavy atom. The highest BCUT2D eigenvalue weighted by atomic mass is 16.6. The fourth-order valence-electron chi connectivity index (χ4n) is 2.36. The number of amides is 1. The molecule has 0 saturated heterocycles. The number of nitrogens with one attached hydrogen (secondary N) is 2. The average Bonchev–Trinajstić information content (AvgIpc) is 2.72. The smallest absolute Gasteiger partial charge is 0.338 e. The zero-order valence-electron chi connectivity index (χ0n) is 16.0. The number of benzene rings is 2. The van der Waals surface area contributed by atoms with Gasteiger partial charge in [0.2, 0.25) is 0 Å². The molecule has 0 aliphatic heterocycles. The van der Waals surface area contributed by atoms with Gasteiger partial charge in [-0.2, -0.15) is 0 Å². The summed E-state index contributed by atoms with van der Waals surface area (Å²) in [5.74, 6) is -0.845. The molecule has 2 N–H and O–H groups in total. The molecule has 0 bridgehead atoms. The van der Waals surface area contributed by atoms with Crippen molar-refractivity contribution in [3.05, 3.63) is 58.1 Å². The maximum atomic E-state index is 12.2. The Morgan fingerprint density at radius 1 is 1.14 bits per heavy atom. The summed E-state index contributed by atoms with van der Waals surface area (Å²) in [4.78, 5) is 34.8. The Balaban J connectivity index is 1.97. The van der Waals surface area contributed by atoms with Crippen LogP contribution in [0.4, 0.5) is 17.1 Å². The predicted molar refractivity (Wildman–Crippen MR) is 105 cm³/mol. The van der Waals surface area contributed by atoms with Gasteiger partial charge in [-0.1, -0.05) is 6.07 Å². The van der Waals surface area contributed by atoms with Crippen molar-refractivity contribution >= 4 is 28.9 Å². The minimum Gasteiger partial charge on any atom is -0.497 e. The summed E-state index contributed by atoms with van der Waals surface area (Å²) in [6.07, 6.45) is 0. The van der Waals surface area contributed by atoms with E-state index >= 15 is 0 Å². The number of nitro benzene ring substituents is 1. The van der Waals surface area contributed by atoms with Crippen LogP contribution in [0.2, 0.25) is 0 Å². The second-order valence-corrected chi connectivity index (χ2v) is 5.76. The minimum atomic E-state index is -0.850. The highest BCUT2D eigenvalue weighted by Crippen LogP contribution is 2.26. The lowest BCUT2D eigenvalue weighted by atomic mass is 10.1. The summed E-state index contributed by atoms with van der Waals surface area (Å²) in [6, 6.07) is 10.6. The number of nitro groups is 1. The average molecular weight is 403 g/mol. The summed E-state index contributed by atoms with van der Waals surface area (Å²) < 4.78 is 14.9. The standard InChI is InChI=1S/C19H21N3O7/c1-27-9-8-20-16-7-6-13(10-17(16)22(25)26)19(24)29-12-18(23)21-14-4-3-5-15(11-14)28-2/h3-7,10-11,20H,8-9,12H2,1-2H3,(H,21,23). The van der Waals surface area contributed by atoms with Crippen LogP contribution in [0.15, 0.2) is 42.5 Å². The van der Waals surface area contributed by atoms with Gasteiger partial charge in [0, 0.05) is 31.5 Å². The summed E-state index contributed by atoms with van der Waals surface area (Å²) in [6.45, 7) is 0.187. The molecule has 0 spiro atoms. The van der Waals surface area contributed by atoms with E-state index in [9.17, 15) is 19.7 Å². The highest BCUT2D eigenvalue weighted by Gasteiger charge is 2.19. The van der Waals surface area contributed by atoms with Crippen molar-refractivity contribution in [1.82, 2.24) is 0 Å². The first-order chi connectivity index (χ1) is 13.9. The molecule has 0 atom stereocenters. The third-order valence-electron chi connectivity index (χ3n) is 3.74. The summed E-state index contributed by atoms with van der Waals surface area (Å²) in [5.41, 5.74) is 0.409. The molecule has 2 aromatic carbocycles. The van der Waals surface area contributed by atoms with Gasteiger partial charge in [-0.05, 0) is 24.3 Å². The molecule has 10 heteroatoms. The van der Waals surface area contributed by atoms with E-state index in [0.29, 0.717) is 24.6 Å². The second kappa shape index (κ2) is 10.6. The molecule has 0 aromatic heterocycles. The van der Waals surface area contributed by atoms with Gasteiger partial charge >= 0.3 is 5.97 Å². The molecule has 0 aliphatic carbocycles. The molecule has 0 saturated carbocycles.